The molecule has 1 fully saturated rings. The van der Waals surface area contributed by atoms with Crippen LogP contribution in [-0.4, -0.2) is 22.1 Å². The minimum atomic E-state index is 0.382. The van der Waals surface area contributed by atoms with Crippen molar-refractivity contribution in [3.05, 3.63) is 18.5 Å². The molecular weight excluding hydrogens is 174 g/mol. The molecule has 4 heteroatoms. The highest BCUT2D eigenvalue weighted by Crippen LogP contribution is 2.35. The minimum absolute atomic E-state index is 0.382. The third kappa shape index (κ3) is 1.85. The molecule has 2 unspecified atom stereocenters. The summed E-state index contributed by atoms with van der Waals surface area (Å²) in [5.74, 6) is 0.639. The predicted octanol–water partition coefficient (Wildman–Crippen LogP) is 1.52. The Morgan fingerprint density at radius 1 is 1.58 bits per heavy atom. The van der Waals surface area contributed by atoms with Gasteiger partial charge in [0.05, 0.1) is 18.1 Å². The average Bonchev–Trinajstić information content (AvgIpc) is 2.81. The Bertz CT molecular complexity index is 252. The highest BCUT2D eigenvalue weighted by atomic mass is 35.5. The van der Waals surface area contributed by atoms with Crippen LogP contribution in [0.3, 0.4) is 0 Å². The van der Waals surface area contributed by atoms with Gasteiger partial charge in [-0.3, -0.25) is 0 Å². The number of aromatic nitrogens is 2. The lowest BCUT2D eigenvalue weighted by atomic mass is 10.4. The lowest BCUT2D eigenvalue weighted by Gasteiger charge is -2.02. The normalized spacial score (nSPS) is 26.8. The van der Waals surface area contributed by atoms with E-state index in [4.69, 9.17) is 11.6 Å². The van der Waals surface area contributed by atoms with Gasteiger partial charge in [-0.1, -0.05) is 0 Å². The first-order chi connectivity index (χ1) is 5.86. The fraction of sp³-hybridized carbons (Fsp3) is 0.500. The number of hydrogen-bond donors (Lipinski definition) is 1. The van der Waals surface area contributed by atoms with Crippen molar-refractivity contribution >= 4 is 17.3 Å². The van der Waals surface area contributed by atoms with E-state index in [-0.39, 0.29) is 0 Å². The van der Waals surface area contributed by atoms with E-state index in [2.05, 4.69) is 15.5 Å². The number of anilines is 1. The van der Waals surface area contributed by atoms with Crippen molar-refractivity contribution in [2.24, 2.45) is 5.92 Å². The van der Waals surface area contributed by atoms with Crippen molar-refractivity contribution in [3.8, 4) is 0 Å². The van der Waals surface area contributed by atoms with Gasteiger partial charge in [0.1, 0.15) is 0 Å². The van der Waals surface area contributed by atoms with Crippen LogP contribution in [0.25, 0.3) is 0 Å². The second-order valence-corrected chi connectivity index (χ2v) is 3.58. The number of nitrogens with one attached hydrogen (secondary N) is 1. The fourth-order valence-electron chi connectivity index (χ4n) is 1.07. The summed E-state index contributed by atoms with van der Waals surface area (Å²) < 4.78 is 0. The van der Waals surface area contributed by atoms with Crippen LogP contribution in [0.15, 0.2) is 18.5 Å². The Kier molecular flexibility index (Phi) is 2.13. The van der Waals surface area contributed by atoms with Crippen molar-refractivity contribution in [2.75, 3.05) is 11.9 Å². The molecule has 1 aliphatic rings. The van der Waals surface area contributed by atoms with Crippen LogP contribution in [-0.2, 0) is 0 Å². The first kappa shape index (κ1) is 7.80. The van der Waals surface area contributed by atoms with Gasteiger partial charge in [-0.15, -0.1) is 11.6 Å². The van der Waals surface area contributed by atoms with Crippen LogP contribution in [0.5, 0.6) is 0 Å². The molecule has 1 N–H and O–H groups in total. The van der Waals surface area contributed by atoms with Gasteiger partial charge in [-0.25, -0.2) is 0 Å². The predicted molar refractivity (Wildman–Crippen MR) is 48.3 cm³/mol. The number of rotatable bonds is 3. The third-order valence-corrected chi connectivity index (χ3v) is 2.52. The standard InChI is InChI=1S/C8H10ClN3/c9-8-3-6(8)4-10-7-1-2-11-12-5-7/h1-2,5-6,8H,3-4H2,(H,10,11). The molecule has 2 rings (SSSR count). The maximum Gasteiger partial charge on any atom is 0.0727 e. The molecule has 12 heavy (non-hydrogen) atoms. The molecule has 0 bridgehead atoms. The average molecular weight is 184 g/mol. The Morgan fingerprint density at radius 3 is 3.00 bits per heavy atom. The molecule has 0 aromatic carbocycles. The van der Waals surface area contributed by atoms with Gasteiger partial charge in [0, 0.05) is 11.9 Å². The molecule has 0 saturated heterocycles. The lowest BCUT2D eigenvalue weighted by molar-refractivity contribution is 0.886. The fourth-order valence-corrected chi connectivity index (χ4v) is 1.38. The van der Waals surface area contributed by atoms with E-state index in [0.29, 0.717) is 11.3 Å². The van der Waals surface area contributed by atoms with E-state index < -0.39 is 0 Å². The zero-order chi connectivity index (χ0) is 8.39. The Labute approximate surface area is 76.1 Å². The van der Waals surface area contributed by atoms with Crippen molar-refractivity contribution in [2.45, 2.75) is 11.8 Å². The molecule has 2 atom stereocenters. The van der Waals surface area contributed by atoms with Gasteiger partial charge in [-0.2, -0.15) is 10.2 Å². The van der Waals surface area contributed by atoms with E-state index in [9.17, 15) is 0 Å². The Morgan fingerprint density at radius 2 is 2.42 bits per heavy atom. The van der Waals surface area contributed by atoms with Crippen LogP contribution in [0.2, 0.25) is 0 Å². The lowest BCUT2D eigenvalue weighted by Crippen LogP contribution is -2.04. The van der Waals surface area contributed by atoms with Crippen LogP contribution < -0.4 is 5.32 Å². The molecule has 1 aromatic heterocycles. The van der Waals surface area contributed by atoms with E-state index in [1.807, 2.05) is 6.07 Å². The maximum atomic E-state index is 5.85. The highest BCUT2D eigenvalue weighted by molar-refractivity contribution is 6.22. The zero-order valence-corrected chi connectivity index (χ0v) is 7.33. The first-order valence-electron chi connectivity index (χ1n) is 4.01. The van der Waals surface area contributed by atoms with Gasteiger partial charge in [0.25, 0.3) is 0 Å². The highest BCUT2D eigenvalue weighted by Gasteiger charge is 2.34. The SMILES string of the molecule is ClC1CC1CNc1ccnnc1. The van der Waals surface area contributed by atoms with Gasteiger partial charge in [0.2, 0.25) is 0 Å². The summed E-state index contributed by atoms with van der Waals surface area (Å²) in [6.07, 6.45) is 4.52. The smallest absolute Gasteiger partial charge is 0.0727 e. The summed E-state index contributed by atoms with van der Waals surface area (Å²) in [4.78, 5) is 0. The van der Waals surface area contributed by atoms with Crippen molar-refractivity contribution < 1.29 is 0 Å². The minimum Gasteiger partial charge on any atom is -0.383 e. The molecule has 1 saturated carbocycles. The van der Waals surface area contributed by atoms with Crippen LogP contribution in [0.1, 0.15) is 6.42 Å². The van der Waals surface area contributed by atoms with E-state index in [1.54, 1.807) is 12.4 Å². The number of halogens is 1. The van der Waals surface area contributed by atoms with Gasteiger partial charge in [0.15, 0.2) is 0 Å². The molecule has 64 valence electrons. The van der Waals surface area contributed by atoms with E-state index in [0.717, 1.165) is 18.7 Å². The van der Waals surface area contributed by atoms with Crippen LogP contribution in [0.4, 0.5) is 5.69 Å². The molecule has 3 nitrogen and oxygen atoms in total. The largest absolute Gasteiger partial charge is 0.383 e. The van der Waals surface area contributed by atoms with E-state index in [1.165, 1.54) is 0 Å². The molecular formula is C8H10ClN3. The molecule has 1 aromatic rings. The molecule has 1 aliphatic carbocycles. The zero-order valence-electron chi connectivity index (χ0n) is 6.57. The van der Waals surface area contributed by atoms with Gasteiger partial charge < -0.3 is 5.32 Å². The summed E-state index contributed by atoms with van der Waals surface area (Å²) in [7, 11) is 0. The summed E-state index contributed by atoms with van der Waals surface area (Å²) in [5.41, 5.74) is 1.01. The summed E-state index contributed by atoms with van der Waals surface area (Å²) in [6, 6.07) is 1.90. The third-order valence-electron chi connectivity index (χ3n) is 1.99. The number of nitrogens with zero attached hydrogens (tertiary/aromatic N) is 2. The molecule has 1 heterocycles. The van der Waals surface area contributed by atoms with Crippen molar-refractivity contribution in [1.82, 2.24) is 10.2 Å². The van der Waals surface area contributed by atoms with Crippen molar-refractivity contribution in [3.63, 3.8) is 0 Å². The molecule has 0 amide bonds. The van der Waals surface area contributed by atoms with Crippen LogP contribution >= 0.6 is 11.6 Å². The van der Waals surface area contributed by atoms with Crippen molar-refractivity contribution in [1.29, 1.82) is 0 Å². The second-order valence-electron chi connectivity index (χ2n) is 3.02. The maximum absolute atomic E-state index is 5.85. The van der Waals surface area contributed by atoms with Gasteiger partial charge in [-0.05, 0) is 18.4 Å². The monoisotopic (exact) mass is 183 g/mol. The quantitative estimate of drug-likeness (QED) is 0.723. The number of hydrogen-bond acceptors (Lipinski definition) is 3. The second kappa shape index (κ2) is 3.27. The topological polar surface area (TPSA) is 37.8 Å². The molecule has 0 aliphatic heterocycles. The Balaban J connectivity index is 1.80. The Hall–Kier alpha value is -0.830. The van der Waals surface area contributed by atoms with Gasteiger partial charge >= 0.3 is 0 Å². The first-order valence-corrected chi connectivity index (χ1v) is 4.44. The summed E-state index contributed by atoms with van der Waals surface area (Å²) >= 11 is 5.85. The molecule has 0 radical (unpaired) electrons. The number of alkyl halides is 1. The summed E-state index contributed by atoms with van der Waals surface area (Å²) in [5, 5.41) is 11.1. The van der Waals surface area contributed by atoms with E-state index >= 15 is 0 Å². The summed E-state index contributed by atoms with van der Waals surface area (Å²) in [6.45, 7) is 0.944. The molecule has 0 spiro atoms. The van der Waals surface area contributed by atoms with Crippen LogP contribution in [0, 0.1) is 5.92 Å².